The average molecular weight is 265 g/mol. The number of carbonyl (C=O) groups excluding carboxylic acids is 2. The summed E-state index contributed by atoms with van der Waals surface area (Å²) >= 11 is 0. The maximum atomic E-state index is 11.6. The Bertz CT molecular complexity index is 868. The van der Waals surface area contributed by atoms with Gasteiger partial charge in [0.05, 0.1) is 17.4 Å². The highest BCUT2D eigenvalue weighted by Crippen LogP contribution is 2.24. The third-order valence-electron chi connectivity index (χ3n) is 3.14. The quantitative estimate of drug-likeness (QED) is 0.495. The molecule has 0 amide bonds. The molecule has 0 fully saturated rings. The predicted octanol–water partition coefficient (Wildman–Crippen LogP) is 1.73. The fourth-order valence-electron chi connectivity index (χ4n) is 2.22. The van der Waals surface area contributed by atoms with E-state index in [1.165, 1.54) is 0 Å². The molecule has 0 unspecified atom stereocenters. The number of nitrogens with zero attached hydrogens (tertiary/aromatic N) is 3. The van der Waals surface area contributed by atoms with Crippen molar-refractivity contribution in [3.63, 3.8) is 0 Å². The molecule has 0 atom stereocenters. The lowest BCUT2D eigenvalue weighted by atomic mass is 10.2. The van der Waals surface area contributed by atoms with Crippen LogP contribution in [0.1, 0.15) is 20.8 Å². The lowest BCUT2D eigenvalue weighted by Crippen LogP contribution is -2.02. The van der Waals surface area contributed by atoms with Gasteiger partial charge in [0, 0.05) is 5.39 Å². The maximum Gasteiger partial charge on any atom is 0.365 e. The van der Waals surface area contributed by atoms with E-state index >= 15 is 0 Å². The van der Waals surface area contributed by atoms with Crippen LogP contribution < -0.4 is 0 Å². The number of carbonyl (C=O) groups is 2. The van der Waals surface area contributed by atoms with Crippen molar-refractivity contribution >= 4 is 23.0 Å². The summed E-state index contributed by atoms with van der Waals surface area (Å²) < 4.78 is 6.16. The fourth-order valence-corrected chi connectivity index (χ4v) is 2.22. The van der Waals surface area contributed by atoms with E-state index in [1.54, 1.807) is 16.9 Å². The summed E-state index contributed by atoms with van der Waals surface area (Å²) in [4.78, 5) is 27.3. The molecule has 0 N–H and O–H groups in total. The van der Waals surface area contributed by atoms with Crippen LogP contribution in [0.25, 0.3) is 16.7 Å². The van der Waals surface area contributed by atoms with E-state index in [-0.39, 0.29) is 11.3 Å². The molecule has 4 rings (SSSR count). The number of hydrogen-bond donors (Lipinski definition) is 0. The van der Waals surface area contributed by atoms with Crippen LogP contribution in [0, 0.1) is 0 Å². The van der Waals surface area contributed by atoms with Crippen LogP contribution in [0.5, 0.6) is 0 Å². The zero-order chi connectivity index (χ0) is 13.7. The monoisotopic (exact) mass is 265 g/mol. The number of ether oxygens (including phenoxy) is 1. The van der Waals surface area contributed by atoms with Gasteiger partial charge in [0.1, 0.15) is 0 Å². The first-order valence-electron chi connectivity index (χ1n) is 5.95. The van der Waals surface area contributed by atoms with E-state index in [2.05, 4.69) is 14.8 Å². The molecule has 6 nitrogen and oxygen atoms in total. The van der Waals surface area contributed by atoms with Gasteiger partial charge in [-0.1, -0.05) is 18.2 Å². The van der Waals surface area contributed by atoms with Gasteiger partial charge >= 0.3 is 11.9 Å². The molecule has 96 valence electrons. The van der Waals surface area contributed by atoms with Gasteiger partial charge in [-0.2, -0.15) is 5.10 Å². The molecule has 6 heteroatoms. The van der Waals surface area contributed by atoms with Gasteiger partial charge < -0.3 is 4.74 Å². The van der Waals surface area contributed by atoms with Gasteiger partial charge in [-0.05, 0) is 18.2 Å². The third kappa shape index (κ3) is 1.38. The van der Waals surface area contributed by atoms with Gasteiger partial charge in [-0.25, -0.2) is 19.3 Å². The fraction of sp³-hybridized carbons (Fsp3) is 0. The highest BCUT2D eigenvalue weighted by atomic mass is 16.6. The zero-order valence-electron chi connectivity index (χ0n) is 10.1. The Morgan fingerprint density at radius 3 is 2.65 bits per heavy atom. The Morgan fingerprint density at radius 2 is 1.85 bits per heavy atom. The highest BCUT2D eigenvalue weighted by Gasteiger charge is 2.32. The van der Waals surface area contributed by atoms with Crippen LogP contribution in [0.3, 0.4) is 0 Å². The molecular weight excluding hydrogens is 258 g/mol. The summed E-state index contributed by atoms with van der Waals surface area (Å²) in [7, 11) is 0. The zero-order valence-corrected chi connectivity index (χ0v) is 10.1. The van der Waals surface area contributed by atoms with Crippen molar-refractivity contribution in [3.8, 4) is 5.69 Å². The van der Waals surface area contributed by atoms with E-state index in [0.29, 0.717) is 11.0 Å². The summed E-state index contributed by atoms with van der Waals surface area (Å²) in [6.07, 6.45) is 1.60. The molecule has 1 aliphatic heterocycles. The van der Waals surface area contributed by atoms with Crippen LogP contribution in [0.15, 0.2) is 42.6 Å². The Balaban J connectivity index is 2.01. The summed E-state index contributed by atoms with van der Waals surface area (Å²) in [6.45, 7) is 0. The van der Waals surface area contributed by atoms with Crippen LogP contribution >= 0.6 is 0 Å². The Hall–Kier alpha value is -3.02. The minimum Gasteiger partial charge on any atom is -0.384 e. The second-order valence-electron chi connectivity index (χ2n) is 4.37. The van der Waals surface area contributed by atoms with Gasteiger partial charge in [-0.15, -0.1) is 0 Å². The van der Waals surface area contributed by atoms with E-state index in [0.717, 1.165) is 5.69 Å². The number of pyridine rings is 1. The predicted molar refractivity (Wildman–Crippen MR) is 68.6 cm³/mol. The van der Waals surface area contributed by atoms with Crippen molar-refractivity contribution in [1.29, 1.82) is 0 Å². The molecule has 0 saturated heterocycles. The van der Waals surface area contributed by atoms with Gasteiger partial charge in [0.2, 0.25) is 0 Å². The first-order valence-corrected chi connectivity index (χ1v) is 5.95. The average Bonchev–Trinajstić information content (AvgIpc) is 3.00. The van der Waals surface area contributed by atoms with Crippen LogP contribution in [-0.4, -0.2) is 26.7 Å². The molecule has 0 saturated carbocycles. The number of para-hydroxylation sites is 1. The number of rotatable bonds is 1. The molecule has 1 aromatic carbocycles. The van der Waals surface area contributed by atoms with Crippen molar-refractivity contribution < 1.29 is 14.3 Å². The molecule has 1 aliphatic rings. The van der Waals surface area contributed by atoms with Gasteiger partial charge in [-0.3, -0.25) is 0 Å². The van der Waals surface area contributed by atoms with Crippen LogP contribution in [0.4, 0.5) is 0 Å². The largest absolute Gasteiger partial charge is 0.384 e. The van der Waals surface area contributed by atoms with Crippen molar-refractivity contribution in [2.45, 2.75) is 0 Å². The highest BCUT2D eigenvalue weighted by molar-refractivity contribution is 6.15. The number of benzene rings is 1. The normalized spacial score (nSPS) is 13.6. The van der Waals surface area contributed by atoms with E-state index < -0.39 is 11.9 Å². The van der Waals surface area contributed by atoms with Gasteiger partial charge in [0.25, 0.3) is 0 Å². The van der Waals surface area contributed by atoms with Crippen LogP contribution in [0.2, 0.25) is 0 Å². The standard InChI is InChI=1S/C14H7N3O3/c18-13-10-6-8-7-15-17(9-4-2-1-3-5-9)12(8)16-11(10)14(19)20-13/h1-7H. The minimum absolute atomic E-state index is 0.0418. The molecule has 0 spiro atoms. The molecule has 2 aromatic heterocycles. The molecule has 3 heterocycles. The number of hydrogen-bond acceptors (Lipinski definition) is 5. The third-order valence-corrected chi connectivity index (χ3v) is 3.14. The maximum absolute atomic E-state index is 11.6. The second-order valence-corrected chi connectivity index (χ2v) is 4.37. The van der Waals surface area contributed by atoms with Crippen molar-refractivity contribution in [1.82, 2.24) is 14.8 Å². The second kappa shape index (κ2) is 3.74. The van der Waals surface area contributed by atoms with Crippen LogP contribution in [-0.2, 0) is 4.74 Å². The molecule has 3 aromatic rings. The smallest absolute Gasteiger partial charge is 0.365 e. The van der Waals surface area contributed by atoms with E-state index in [1.807, 2.05) is 30.3 Å². The molecule has 0 radical (unpaired) electrons. The number of cyclic esters (lactones) is 2. The number of esters is 2. The molecule has 0 bridgehead atoms. The molecule has 0 aliphatic carbocycles. The number of aromatic nitrogens is 3. The number of fused-ring (bicyclic) bond motifs is 2. The lowest BCUT2D eigenvalue weighted by Gasteiger charge is -2.02. The van der Waals surface area contributed by atoms with E-state index in [9.17, 15) is 9.59 Å². The summed E-state index contributed by atoms with van der Waals surface area (Å²) in [5, 5.41) is 4.93. The topological polar surface area (TPSA) is 74.1 Å². The minimum atomic E-state index is -0.715. The first-order chi connectivity index (χ1) is 9.74. The van der Waals surface area contributed by atoms with Crippen molar-refractivity contribution in [2.75, 3.05) is 0 Å². The molecular formula is C14H7N3O3. The summed E-state index contributed by atoms with van der Waals surface area (Å²) in [5.74, 6) is -1.38. The van der Waals surface area contributed by atoms with E-state index in [4.69, 9.17) is 0 Å². The SMILES string of the molecule is O=C1OC(=O)c2nc3c(cnn3-c3ccccc3)cc21. The van der Waals surface area contributed by atoms with Crippen molar-refractivity contribution in [3.05, 3.63) is 53.9 Å². The van der Waals surface area contributed by atoms with Crippen molar-refractivity contribution in [2.24, 2.45) is 0 Å². The molecule has 20 heavy (non-hydrogen) atoms. The van der Waals surface area contributed by atoms with Gasteiger partial charge in [0.15, 0.2) is 11.3 Å². The Labute approximate surface area is 112 Å². The summed E-state index contributed by atoms with van der Waals surface area (Å²) in [5.41, 5.74) is 1.57. The summed E-state index contributed by atoms with van der Waals surface area (Å²) in [6, 6.07) is 11.0. The Kier molecular flexibility index (Phi) is 2.03. The first kappa shape index (κ1) is 10.9. The lowest BCUT2D eigenvalue weighted by molar-refractivity contribution is 0.0441. The Morgan fingerprint density at radius 1 is 1.05 bits per heavy atom.